The molecule has 148 valence electrons. The lowest BCUT2D eigenvalue weighted by atomic mass is 10.0. The number of rotatable bonds is 6. The second-order valence-electron chi connectivity index (χ2n) is 6.63. The predicted octanol–water partition coefficient (Wildman–Crippen LogP) is 3.74. The van der Waals surface area contributed by atoms with Crippen LogP contribution in [0.25, 0.3) is 22.6 Å². The first-order valence-corrected chi connectivity index (χ1v) is 9.43. The Morgan fingerprint density at radius 3 is 2.60 bits per heavy atom. The lowest BCUT2D eigenvalue weighted by molar-refractivity contribution is -0.115. The molecule has 0 unspecified atom stereocenters. The number of fused-ring (bicyclic) bond motifs is 1. The van der Waals surface area contributed by atoms with E-state index in [4.69, 9.17) is 10.6 Å². The van der Waals surface area contributed by atoms with Gasteiger partial charge >= 0.3 is 0 Å². The second kappa shape index (κ2) is 8.98. The highest BCUT2D eigenvalue weighted by molar-refractivity contribution is 6.24. The number of carbonyl (C=O) groups is 1. The van der Waals surface area contributed by atoms with Crippen LogP contribution in [0, 0.1) is 0 Å². The van der Waals surface area contributed by atoms with Gasteiger partial charge in [-0.05, 0) is 47.5 Å². The van der Waals surface area contributed by atoms with Crippen LogP contribution in [0.5, 0.6) is 5.75 Å². The first-order valence-electron chi connectivity index (χ1n) is 9.43. The molecule has 0 spiro atoms. The van der Waals surface area contributed by atoms with Crippen molar-refractivity contribution in [2.45, 2.75) is 6.61 Å². The Kier molecular flexibility index (Phi) is 5.78. The summed E-state index contributed by atoms with van der Waals surface area (Å²) in [4.78, 5) is 20.9. The number of benzene rings is 2. The smallest absolute Gasteiger partial charge is 0.265 e. The Bertz CT molecular complexity index is 1190. The monoisotopic (exact) mass is 396 g/mol. The third-order valence-corrected chi connectivity index (χ3v) is 4.58. The van der Waals surface area contributed by atoms with Crippen LogP contribution in [-0.4, -0.2) is 15.9 Å². The van der Waals surface area contributed by atoms with Crippen molar-refractivity contribution < 1.29 is 9.53 Å². The van der Waals surface area contributed by atoms with E-state index in [2.05, 4.69) is 15.4 Å². The minimum absolute atomic E-state index is 0.353. The molecule has 30 heavy (non-hydrogen) atoms. The minimum atomic E-state index is -0.382. The van der Waals surface area contributed by atoms with E-state index >= 15 is 0 Å². The van der Waals surface area contributed by atoms with E-state index in [1.807, 2.05) is 72.8 Å². The molecule has 0 saturated heterocycles. The van der Waals surface area contributed by atoms with Gasteiger partial charge in [-0.3, -0.25) is 15.2 Å². The van der Waals surface area contributed by atoms with Crippen LogP contribution in [0.3, 0.4) is 0 Å². The number of ether oxygens (including phenoxy) is 1. The SMILES string of the molecule is NNC(=O)/C(=C/c1cccnc1)c1ccc(OCc2ccc3ccccc3n2)cc1. The number of para-hydroxylation sites is 1. The van der Waals surface area contributed by atoms with E-state index in [-0.39, 0.29) is 5.91 Å². The number of nitrogens with one attached hydrogen (secondary N) is 1. The lowest BCUT2D eigenvalue weighted by Crippen LogP contribution is -2.30. The third-order valence-electron chi connectivity index (χ3n) is 4.58. The van der Waals surface area contributed by atoms with Crippen molar-refractivity contribution >= 4 is 28.5 Å². The topological polar surface area (TPSA) is 90.1 Å². The van der Waals surface area contributed by atoms with Crippen molar-refractivity contribution in [2.24, 2.45) is 5.84 Å². The van der Waals surface area contributed by atoms with E-state index in [0.717, 1.165) is 27.7 Å². The van der Waals surface area contributed by atoms with E-state index in [0.29, 0.717) is 17.9 Å². The third kappa shape index (κ3) is 4.51. The largest absolute Gasteiger partial charge is 0.487 e. The first-order chi connectivity index (χ1) is 14.7. The summed E-state index contributed by atoms with van der Waals surface area (Å²) in [7, 11) is 0. The van der Waals surface area contributed by atoms with E-state index < -0.39 is 0 Å². The molecule has 2 aromatic heterocycles. The number of carbonyl (C=O) groups excluding carboxylic acids is 1. The first kappa shape index (κ1) is 19.3. The molecule has 0 fully saturated rings. The van der Waals surface area contributed by atoms with Gasteiger partial charge in [0.2, 0.25) is 0 Å². The summed E-state index contributed by atoms with van der Waals surface area (Å²) < 4.78 is 5.86. The maximum atomic E-state index is 12.3. The number of amides is 1. The van der Waals surface area contributed by atoms with E-state index in [9.17, 15) is 4.79 Å². The van der Waals surface area contributed by atoms with Crippen molar-refractivity contribution in [3.8, 4) is 5.75 Å². The highest BCUT2D eigenvalue weighted by Crippen LogP contribution is 2.22. The summed E-state index contributed by atoms with van der Waals surface area (Å²) in [6.45, 7) is 0.353. The van der Waals surface area contributed by atoms with Gasteiger partial charge in [-0.15, -0.1) is 0 Å². The summed E-state index contributed by atoms with van der Waals surface area (Å²) in [5.74, 6) is 5.66. The fourth-order valence-corrected chi connectivity index (χ4v) is 3.06. The molecule has 0 aliphatic heterocycles. The molecule has 3 N–H and O–H groups in total. The Balaban J connectivity index is 1.50. The average Bonchev–Trinajstić information content (AvgIpc) is 2.81. The van der Waals surface area contributed by atoms with Crippen molar-refractivity contribution in [1.29, 1.82) is 0 Å². The molecule has 0 saturated carbocycles. The highest BCUT2D eigenvalue weighted by atomic mass is 16.5. The average molecular weight is 396 g/mol. The van der Waals surface area contributed by atoms with E-state index in [1.165, 1.54) is 0 Å². The van der Waals surface area contributed by atoms with Crippen molar-refractivity contribution in [2.75, 3.05) is 0 Å². The van der Waals surface area contributed by atoms with Crippen LogP contribution in [0.4, 0.5) is 0 Å². The Labute approximate surface area is 174 Å². The Hall–Kier alpha value is -4.03. The summed E-state index contributed by atoms with van der Waals surface area (Å²) in [5.41, 5.74) is 5.94. The van der Waals surface area contributed by atoms with Gasteiger partial charge in [-0.2, -0.15) is 0 Å². The van der Waals surface area contributed by atoms with Crippen LogP contribution in [0.1, 0.15) is 16.8 Å². The Morgan fingerprint density at radius 1 is 1.00 bits per heavy atom. The van der Waals surface area contributed by atoms with Crippen LogP contribution in [0.2, 0.25) is 0 Å². The molecule has 2 aromatic carbocycles. The molecular weight excluding hydrogens is 376 g/mol. The Morgan fingerprint density at radius 2 is 1.83 bits per heavy atom. The predicted molar refractivity (Wildman–Crippen MR) is 117 cm³/mol. The number of hydrazine groups is 1. The van der Waals surface area contributed by atoms with E-state index in [1.54, 1.807) is 18.5 Å². The molecule has 6 nitrogen and oxygen atoms in total. The number of aromatic nitrogens is 2. The molecule has 0 bridgehead atoms. The van der Waals surface area contributed by atoms with Crippen LogP contribution in [-0.2, 0) is 11.4 Å². The van der Waals surface area contributed by atoms with Gasteiger partial charge in [0.15, 0.2) is 0 Å². The molecule has 0 radical (unpaired) electrons. The molecule has 6 heteroatoms. The van der Waals surface area contributed by atoms with Gasteiger partial charge in [-0.1, -0.05) is 42.5 Å². The highest BCUT2D eigenvalue weighted by Gasteiger charge is 2.11. The second-order valence-corrected chi connectivity index (χ2v) is 6.63. The van der Waals surface area contributed by atoms with Crippen molar-refractivity contribution in [3.05, 3.63) is 102 Å². The van der Waals surface area contributed by atoms with Crippen LogP contribution >= 0.6 is 0 Å². The quantitative estimate of drug-likeness (QED) is 0.224. The molecule has 4 rings (SSSR count). The molecule has 4 aromatic rings. The maximum Gasteiger partial charge on any atom is 0.265 e. The zero-order valence-corrected chi connectivity index (χ0v) is 16.2. The minimum Gasteiger partial charge on any atom is -0.487 e. The normalized spacial score (nSPS) is 11.3. The van der Waals surface area contributed by atoms with Gasteiger partial charge in [-0.25, -0.2) is 10.8 Å². The van der Waals surface area contributed by atoms with Gasteiger partial charge in [0.1, 0.15) is 12.4 Å². The summed E-state index contributed by atoms with van der Waals surface area (Å²) in [6.07, 6.45) is 5.10. The molecular formula is C24H20N4O2. The summed E-state index contributed by atoms with van der Waals surface area (Å²) in [5, 5.41) is 1.09. The molecule has 0 atom stereocenters. The fraction of sp³-hybridized carbons (Fsp3) is 0.0417. The molecule has 0 aliphatic carbocycles. The summed E-state index contributed by atoms with van der Waals surface area (Å²) >= 11 is 0. The number of hydrogen-bond acceptors (Lipinski definition) is 5. The van der Waals surface area contributed by atoms with Gasteiger partial charge in [0.25, 0.3) is 5.91 Å². The van der Waals surface area contributed by atoms with Crippen molar-refractivity contribution in [1.82, 2.24) is 15.4 Å². The van der Waals surface area contributed by atoms with Crippen LogP contribution in [0.15, 0.2) is 85.2 Å². The number of hydrogen-bond donors (Lipinski definition) is 2. The van der Waals surface area contributed by atoms with Crippen molar-refractivity contribution in [3.63, 3.8) is 0 Å². The zero-order chi connectivity index (χ0) is 20.8. The van der Waals surface area contributed by atoms with Gasteiger partial charge < -0.3 is 4.74 Å². The zero-order valence-electron chi connectivity index (χ0n) is 16.2. The molecule has 0 aliphatic rings. The van der Waals surface area contributed by atoms with Crippen LogP contribution < -0.4 is 16.0 Å². The number of nitrogens with zero attached hydrogens (tertiary/aromatic N) is 2. The summed E-state index contributed by atoms with van der Waals surface area (Å²) in [6, 6.07) is 22.9. The number of nitrogens with two attached hydrogens (primary N) is 1. The van der Waals surface area contributed by atoms with Gasteiger partial charge in [0, 0.05) is 23.4 Å². The van der Waals surface area contributed by atoms with Gasteiger partial charge in [0.05, 0.1) is 11.2 Å². The maximum absolute atomic E-state index is 12.3. The molecule has 1 amide bonds. The standard InChI is InChI=1S/C24H20N4O2/c25-28-24(29)22(14-17-4-3-13-26-15-17)18-8-11-21(12-9-18)30-16-20-10-7-19-5-1-2-6-23(19)27-20/h1-15H,16,25H2,(H,28,29)/b22-14+. The fourth-order valence-electron chi connectivity index (χ4n) is 3.06. The number of pyridine rings is 2. The molecule has 2 heterocycles. The lowest BCUT2D eigenvalue weighted by Gasteiger charge is -2.10.